The molecule has 22 heavy (non-hydrogen) atoms. The van der Waals surface area contributed by atoms with Gasteiger partial charge in [0.1, 0.15) is 0 Å². The number of nitrogens with one attached hydrogen (secondary N) is 1. The highest BCUT2D eigenvalue weighted by atomic mass is 32.1. The first kappa shape index (κ1) is 15.0. The number of carbonyl (C=O) groups excluding carboxylic acids is 1. The van der Waals surface area contributed by atoms with Gasteiger partial charge in [0, 0.05) is 27.3 Å². The third kappa shape index (κ3) is 2.98. The Morgan fingerprint density at radius 2 is 2.18 bits per heavy atom. The van der Waals surface area contributed by atoms with Gasteiger partial charge in [-0.1, -0.05) is 6.07 Å². The predicted molar refractivity (Wildman–Crippen MR) is 92.1 cm³/mol. The van der Waals surface area contributed by atoms with E-state index < -0.39 is 0 Å². The van der Waals surface area contributed by atoms with E-state index >= 15 is 0 Å². The molecule has 0 aliphatic carbocycles. The fourth-order valence-corrected chi connectivity index (χ4v) is 3.76. The summed E-state index contributed by atoms with van der Waals surface area (Å²) in [5.74, 6) is -0.0973. The van der Waals surface area contributed by atoms with Crippen molar-refractivity contribution >= 4 is 33.7 Å². The number of hydrogen-bond donors (Lipinski definition) is 1. The van der Waals surface area contributed by atoms with Gasteiger partial charge in [-0.2, -0.15) is 0 Å². The van der Waals surface area contributed by atoms with Crippen LogP contribution < -0.4 is 5.32 Å². The highest BCUT2D eigenvalue weighted by Gasteiger charge is 2.17. The van der Waals surface area contributed by atoms with Crippen LogP contribution in [0.1, 0.15) is 31.5 Å². The highest BCUT2D eigenvalue weighted by molar-refractivity contribution is 7.15. The van der Waals surface area contributed by atoms with Crippen LogP contribution in [0.3, 0.4) is 0 Å². The lowest BCUT2D eigenvalue weighted by Crippen LogP contribution is -2.13. The first-order valence-electron chi connectivity index (χ1n) is 6.97. The maximum atomic E-state index is 12.5. The predicted octanol–water partition coefficient (Wildman–Crippen LogP) is 4.23. The van der Waals surface area contributed by atoms with Crippen LogP contribution in [0.2, 0.25) is 0 Å². The summed E-state index contributed by atoms with van der Waals surface area (Å²) >= 11 is 3.21. The van der Waals surface area contributed by atoms with Gasteiger partial charge < -0.3 is 4.57 Å². The van der Waals surface area contributed by atoms with E-state index in [-0.39, 0.29) is 5.91 Å². The number of carbonyl (C=O) groups is 1. The molecule has 0 spiro atoms. The zero-order valence-electron chi connectivity index (χ0n) is 12.7. The summed E-state index contributed by atoms with van der Waals surface area (Å²) in [5.41, 5.74) is 2.78. The van der Waals surface area contributed by atoms with Gasteiger partial charge in [0.15, 0.2) is 5.13 Å². The molecule has 3 aromatic heterocycles. The van der Waals surface area contributed by atoms with Crippen LogP contribution in [0.25, 0.3) is 0 Å². The number of aryl methyl sites for hydroxylation is 2. The molecule has 0 fully saturated rings. The molecule has 0 aliphatic heterocycles. The third-order valence-electron chi connectivity index (χ3n) is 3.55. The van der Waals surface area contributed by atoms with Crippen molar-refractivity contribution in [3.8, 4) is 0 Å². The number of amides is 1. The number of anilines is 1. The van der Waals surface area contributed by atoms with Crippen molar-refractivity contribution in [1.82, 2.24) is 9.55 Å². The summed E-state index contributed by atoms with van der Waals surface area (Å²) in [7, 11) is 0. The molecule has 0 saturated heterocycles. The lowest BCUT2D eigenvalue weighted by Gasteiger charge is -2.08. The van der Waals surface area contributed by atoms with Gasteiger partial charge in [-0.25, -0.2) is 4.98 Å². The van der Waals surface area contributed by atoms with E-state index in [1.54, 1.807) is 17.5 Å². The molecule has 114 valence electrons. The van der Waals surface area contributed by atoms with Crippen LogP contribution in [-0.4, -0.2) is 15.5 Å². The van der Waals surface area contributed by atoms with E-state index in [9.17, 15) is 4.79 Å². The Morgan fingerprint density at radius 3 is 2.82 bits per heavy atom. The minimum atomic E-state index is -0.0973. The molecule has 0 saturated carbocycles. The number of thiazole rings is 1. The lowest BCUT2D eigenvalue weighted by molar-refractivity contribution is 0.102. The molecule has 0 atom stereocenters. The zero-order chi connectivity index (χ0) is 15.7. The number of aromatic nitrogens is 2. The second-order valence-electron chi connectivity index (χ2n) is 5.18. The first-order chi connectivity index (χ1) is 10.5. The van der Waals surface area contributed by atoms with Crippen molar-refractivity contribution in [2.75, 3.05) is 5.32 Å². The molecule has 6 heteroatoms. The van der Waals surface area contributed by atoms with Gasteiger partial charge in [-0.15, -0.1) is 22.7 Å². The topological polar surface area (TPSA) is 46.9 Å². The van der Waals surface area contributed by atoms with E-state index in [1.165, 1.54) is 16.2 Å². The Kier molecular flexibility index (Phi) is 4.13. The number of hydrogen-bond acceptors (Lipinski definition) is 4. The van der Waals surface area contributed by atoms with E-state index in [0.29, 0.717) is 10.7 Å². The fourth-order valence-electron chi connectivity index (χ4n) is 2.41. The molecule has 1 N–H and O–H groups in total. The van der Waals surface area contributed by atoms with Crippen LogP contribution in [0.5, 0.6) is 0 Å². The smallest absolute Gasteiger partial charge is 0.259 e. The SMILES string of the molecule is Cc1cnc(NC(=O)c2cc(C)n(Cc3cccs3)c2C)s1. The van der Waals surface area contributed by atoms with Gasteiger partial charge in [0.25, 0.3) is 5.91 Å². The van der Waals surface area contributed by atoms with Gasteiger partial charge in [-0.3, -0.25) is 10.1 Å². The molecule has 0 aliphatic rings. The number of rotatable bonds is 4. The average molecular weight is 331 g/mol. The zero-order valence-corrected chi connectivity index (χ0v) is 14.3. The summed E-state index contributed by atoms with van der Waals surface area (Å²) in [5, 5.41) is 5.59. The summed E-state index contributed by atoms with van der Waals surface area (Å²) < 4.78 is 2.17. The van der Waals surface area contributed by atoms with Gasteiger partial charge >= 0.3 is 0 Å². The van der Waals surface area contributed by atoms with E-state index in [0.717, 1.165) is 22.8 Å². The summed E-state index contributed by atoms with van der Waals surface area (Å²) in [4.78, 5) is 19.0. The van der Waals surface area contributed by atoms with Crippen molar-refractivity contribution in [2.24, 2.45) is 0 Å². The minimum absolute atomic E-state index is 0.0973. The molecule has 1 amide bonds. The fraction of sp³-hybridized carbons (Fsp3) is 0.250. The molecule has 4 nitrogen and oxygen atoms in total. The number of thiophene rings is 1. The maximum absolute atomic E-state index is 12.5. The van der Waals surface area contributed by atoms with Crippen molar-refractivity contribution in [2.45, 2.75) is 27.3 Å². The molecule has 0 bridgehead atoms. The molecule has 0 unspecified atom stereocenters. The van der Waals surface area contributed by atoms with Crippen molar-refractivity contribution in [3.63, 3.8) is 0 Å². The molecule has 0 radical (unpaired) electrons. The molecule has 3 heterocycles. The third-order valence-corrected chi connectivity index (χ3v) is 5.24. The molecular weight excluding hydrogens is 314 g/mol. The monoisotopic (exact) mass is 331 g/mol. The van der Waals surface area contributed by atoms with Crippen LogP contribution in [-0.2, 0) is 6.54 Å². The van der Waals surface area contributed by atoms with Crippen LogP contribution in [0.15, 0.2) is 29.8 Å². The normalized spacial score (nSPS) is 10.9. The quantitative estimate of drug-likeness (QED) is 0.777. The second kappa shape index (κ2) is 6.06. The van der Waals surface area contributed by atoms with E-state index in [4.69, 9.17) is 0 Å². The van der Waals surface area contributed by atoms with Gasteiger partial charge in [-0.05, 0) is 38.3 Å². The van der Waals surface area contributed by atoms with Gasteiger partial charge in [0.05, 0.1) is 12.1 Å². The molecular formula is C16H17N3OS2. The largest absolute Gasteiger partial charge is 0.343 e. The van der Waals surface area contributed by atoms with Crippen molar-refractivity contribution < 1.29 is 4.79 Å². The molecule has 3 aromatic rings. The molecule has 3 rings (SSSR count). The van der Waals surface area contributed by atoms with Crippen molar-refractivity contribution in [3.05, 3.63) is 56.5 Å². The summed E-state index contributed by atoms with van der Waals surface area (Å²) in [6.45, 7) is 6.80. The van der Waals surface area contributed by atoms with Crippen molar-refractivity contribution in [1.29, 1.82) is 0 Å². The van der Waals surface area contributed by atoms with E-state index in [2.05, 4.69) is 26.3 Å². The van der Waals surface area contributed by atoms with Crippen LogP contribution in [0.4, 0.5) is 5.13 Å². The van der Waals surface area contributed by atoms with E-state index in [1.807, 2.05) is 32.9 Å². The summed E-state index contributed by atoms with van der Waals surface area (Å²) in [6, 6.07) is 6.10. The lowest BCUT2D eigenvalue weighted by atomic mass is 10.2. The number of nitrogens with zero attached hydrogens (tertiary/aromatic N) is 2. The Hall–Kier alpha value is -1.92. The molecule has 0 aromatic carbocycles. The summed E-state index contributed by atoms with van der Waals surface area (Å²) in [6.07, 6.45) is 1.76. The van der Waals surface area contributed by atoms with Gasteiger partial charge in [0.2, 0.25) is 0 Å². The maximum Gasteiger partial charge on any atom is 0.259 e. The standard InChI is InChI=1S/C16H17N3OS2/c1-10-7-14(15(20)18-16-17-8-11(2)22-16)12(3)19(10)9-13-5-4-6-21-13/h4-8H,9H2,1-3H3,(H,17,18,20). The van der Waals surface area contributed by atoms with Crippen LogP contribution in [0, 0.1) is 20.8 Å². The Bertz CT molecular complexity index is 800. The Balaban J connectivity index is 1.83. The van der Waals surface area contributed by atoms with Crippen LogP contribution >= 0.6 is 22.7 Å². The highest BCUT2D eigenvalue weighted by Crippen LogP contribution is 2.22. The Labute approximate surface area is 137 Å². The second-order valence-corrected chi connectivity index (χ2v) is 7.45. The first-order valence-corrected chi connectivity index (χ1v) is 8.67. The average Bonchev–Trinajstić information content (AvgIpc) is 3.17. The minimum Gasteiger partial charge on any atom is -0.343 e. The Morgan fingerprint density at radius 1 is 1.36 bits per heavy atom.